The average Bonchev–Trinajstić information content (AvgIpc) is 2.42. The van der Waals surface area contributed by atoms with Gasteiger partial charge in [0.25, 0.3) is 5.69 Å². The molecule has 0 atom stereocenters. The first-order chi connectivity index (χ1) is 9.88. The Morgan fingerprint density at radius 3 is 2.48 bits per heavy atom. The third kappa shape index (κ3) is 3.79. The van der Waals surface area contributed by atoms with Crippen LogP contribution in [0.15, 0.2) is 30.3 Å². The minimum absolute atomic E-state index is 0.111. The van der Waals surface area contributed by atoms with Crippen LogP contribution in [0.25, 0.3) is 0 Å². The van der Waals surface area contributed by atoms with Gasteiger partial charge in [0.1, 0.15) is 5.02 Å². The maximum atomic E-state index is 10.8. The second-order valence-corrected chi connectivity index (χ2v) is 5.70. The highest BCUT2D eigenvalue weighted by molar-refractivity contribution is 6.35. The fourth-order valence-electron chi connectivity index (χ4n) is 1.79. The fourth-order valence-corrected chi connectivity index (χ4v) is 2.42. The van der Waals surface area contributed by atoms with Crippen LogP contribution in [-0.4, -0.2) is 4.92 Å². The molecule has 0 aliphatic rings. The van der Waals surface area contributed by atoms with Gasteiger partial charge in [0, 0.05) is 17.6 Å². The summed E-state index contributed by atoms with van der Waals surface area (Å²) < 4.78 is 0. The molecule has 4 nitrogen and oxygen atoms in total. The summed E-state index contributed by atoms with van der Waals surface area (Å²) in [6.45, 7) is 2.23. The lowest BCUT2D eigenvalue weighted by atomic mass is 10.2. The van der Waals surface area contributed by atoms with Gasteiger partial charge in [-0.1, -0.05) is 40.9 Å². The van der Waals surface area contributed by atoms with E-state index in [9.17, 15) is 10.1 Å². The molecule has 110 valence electrons. The molecule has 0 aliphatic carbocycles. The summed E-state index contributed by atoms with van der Waals surface area (Å²) in [7, 11) is 0. The Bertz CT molecular complexity index is 705. The second kappa shape index (κ2) is 6.52. The van der Waals surface area contributed by atoms with E-state index >= 15 is 0 Å². The molecule has 21 heavy (non-hydrogen) atoms. The summed E-state index contributed by atoms with van der Waals surface area (Å²) in [4.78, 5) is 10.3. The molecule has 0 aromatic heterocycles. The van der Waals surface area contributed by atoms with Crippen LogP contribution >= 0.6 is 34.8 Å². The Morgan fingerprint density at radius 1 is 1.10 bits per heavy atom. The number of hydrogen-bond donors (Lipinski definition) is 1. The molecule has 1 N–H and O–H groups in total. The third-order valence-corrected chi connectivity index (χ3v) is 3.98. The quantitative estimate of drug-likeness (QED) is 0.590. The number of hydrogen-bond acceptors (Lipinski definition) is 3. The number of nitrogens with zero attached hydrogens (tertiary/aromatic N) is 1. The minimum atomic E-state index is -0.512. The third-order valence-electron chi connectivity index (χ3n) is 2.94. The maximum absolute atomic E-state index is 10.8. The molecule has 2 aromatic rings. The summed E-state index contributed by atoms with van der Waals surface area (Å²) >= 11 is 17.9. The summed E-state index contributed by atoms with van der Waals surface area (Å²) in [5, 5.41) is 15.2. The minimum Gasteiger partial charge on any atom is -0.380 e. The van der Waals surface area contributed by atoms with Crippen LogP contribution in [0.5, 0.6) is 0 Å². The van der Waals surface area contributed by atoms with E-state index in [2.05, 4.69) is 5.32 Å². The maximum Gasteiger partial charge on any atom is 0.288 e. The van der Waals surface area contributed by atoms with Gasteiger partial charge in [0.05, 0.1) is 15.6 Å². The lowest BCUT2D eigenvalue weighted by molar-refractivity contribution is -0.384. The molecular formula is C14H11Cl3N2O2. The van der Waals surface area contributed by atoms with Crippen molar-refractivity contribution in [2.75, 3.05) is 5.32 Å². The van der Waals surface area contributed by atoms with Crippen LogP contribution in [0.4, 0.5) is 11.4 Å². The van der Waals surface area contributed by atoms with Crippen molar-refractivity contribution in [3.05, 3.63) is 66.6 Å². The zero-order valence-corrected chi connectivity index (χ0v) is 13.3. The molecule has 0 bridgehead atoms. The van der Waals surface area contributed by atoms with Gasteiger partial charge in [-0.25, -0.2) is 0 Å². The number of benzene rings is 2. The zero-order valence-electron chi connectivity index (χ0n) is 11.0. The Morgan fingerprint density at radius 2 is 1.81 bits per heavy atom. The molecule has 0 aliphatic heterocycles. The van der Waals surface area contributed by atoms with Crippen molar-refractivity contribution >= 4 is 46.2 Å². The smallest absolute Gasteiger partial charge is 0.288 e. The lowest BCUT2D eigenvalue weighted by Gasteiger charge is -2.10. The molecule has 0 unspecified atom stereocenters. The first-order valence-electron chi connectivity index (χ1n) is 6.01. The van der Waals surface area contributed by atoms with Gasteiger partial charge in [-0.05, 0) is 36.2 Å². The average molecular weight is 346 g/mol. The van der Waals surface area contributed by atoms with Gasteiger partial charge in [-0.2, -0.15) is 0 Å². The Labute approximate surface area is 136 Å². The topological polar surface area (TPSA) is 55.2 Å². The number of rotatable bonds is 4. The summed E-state index contributed by atoms with van der Waals surface area (Å²) in [5.41, 5.74) is 2.15. The second-order valence-electron chi connectivity index (χ2n) is 4.48. The van der Waals surface area contributed by atoms with Crippen LogP contribution in [0, 0.1) is 17.0 Å². The van der Waals surface area contributed by atoms with Gasteiger partial charge >= 0.3 is 0 Å². The van der Waals surface area contributed by atoms with Crippen LogP contribution in [0.2, 0.25) is 15.1 Å². The summed E-state index contributed by atoms with van der Waals surface area (Å²) in [6.07, 6.45) is 0. The number of nitrogens with one attached hydrogen (secondary N) is 1. The lowest BCUT2D eigenvalue weighted by Crippen LogP contribution is -2.01. The standard InChI is InChI=1S/C14H11Cl3N2O2/c1-8-4-12(17)13(6-11(8)16)18-7-9-2-3-10(15)14(5-9)19(20)21/h2-6,18H,7H2,1H3. The van der Waals surface area contributed by atoms with Gasteiger partial charge in [0.15, 0.2) is 0 Å². The molecule has 0 fully saturated rings. The first-order valence-corrected chi connectivity index (χ1v) is 7.14. The highest BCUT2D eigenvalue weighted by Gasteiger charge is 2.13. The van der Waals surface area contributed by atoms with Crippen molar-refractivity contribution < 1.29 is 4.92 Å². The number of halogens is 3. The molecule has 0 amide bonds. The number of anilines is 1. The van der Waals surface area contributed by atoms with E-state index in [1.165, 1.54) is 12.1 Å². The molecular weight excluding hydrogens is 335 g/mol. The van der Waals surface area contributed by atoms with Crippen LogP contribution < -0.4 is 5.32 Å². The van der Waals surface area contributed by atoms with Crippen molar-refractivity contribution in [3.63, 3.8) is 0 Å². The molecule has 2 aromatic carbocycles. The van der Waals surface area contributed by atoms with E-state index in [1.54, 1.807) is 18.2 Å². The zero-order chi connectivity index (χ0) is 15.6. The fraction of sp³-hybridized carbons (Fsp3) is 0.143. The largest absolute Gasteiger partial charge is 0.380 e. The van der Waals surface area contributed by atoms with E-state index in [0.29, 0.717) is 22.3 Å². The predicted molar refractivity (Wildman–Crippen MR) is 86.6 cm³/mol. The molecule has 0 heterocycles. The SMILES string of the molecule is Cc1cc(Cl)c(NCc2ccc(Cl)c([N+](=O)[O-])c2)cc1Cl. The normalized spacial score (nSPS) is 10.5. The van der Waals surface area contributed by atoms with E-state index in [1.807, 2.05) is 6.92 Å². The summed E-state index contributed by atoms with van der Waals surface area (Å²) in [6, 6.07) is 8.13. The Kier molecular flexibility index (Phi) is 4.93. The molecule has 2 rings (SSSR count). The van der Waals surface area contributed by atoms with Gasteiger partial charge in [-0.3, -0.25) is 10.1 Å². The van der Waals surface area contributed by atoms with Gasteiger partial charge < -0.3 is 5.32 Å². The predicted octanol–water partition coefficient (Wildman–Crippen LogP) is 5.48. The number of nitro benzene ring substituents is 1. The van der Waals surface area contributed by atoms with E-state index in [-0.39, 0.29) is 10.7 Å². The van der Waals surface area contributed by atoms with Crippen LogP contribution in [0.1, 0.15) is 11.1 Å². The van der Waals surface area contributed by atoms with Crippen molar-refractivity contribution in [2.45, 2.75) is 13.5 Å². The monoisotopic (exact) mass is 344 g/mol. The van der Waals surface area contributed by atoms with Crippen molar-refractivity contribution in [3.8, 4) is 0 Å². The highest BCUT2D eigenvalue weighted by atomic mass is 35.5. The number of nitro groups is 1. The highest BCUT2D eigenvalue weighted by Crippen LogP contribution is 2.30. The molecule has 0 spiro atoms. The van der Waals surface area contributed by atoms with E-state index in [0.717, 1.165) is 11.1 Å². The van der Waals surface area contributed by atoms with Crippen LogP contribution in [-0.2, 0) is 6.54 Å². The molecule has 0 saturated carbocycles. The Balaban J connectivity index is 2.19. The van der Waals surface area contributed by atoms with Crippen molar-refractivity contribution in [1.29, 1.82) is 0 Å². The molecule has 0 saturated heterocycles. The van der Waals surface area contributed by atoms with Crippen molar-refractivity contribution in [1.82, 2.24) is 0 Å². The molecule has 0 radical (unpaired) electrons. The van der Waals surface area contributed by atoms with E-state index < -0.39 is 4.92 Å². The van der Waals surface area contributed by atoms with Crippen LogP contribution in [0.3, 0.4) is 0 Å². The van der Waals surface area contributed by atoms with E-state index in [4.69, 9.17) is 34.8 Å². The number of aryl methyl sites for hydroxylation is 1. The summed E-state index contributed by atoms with van der Waals surface area (Å²) in [5.74, 6) is 0. The Hall–Kier alpha value is -1.49. The molecule has 7 heteroatoms. The van der Waals surface area contributed by atoms with Gasteiger partial charge in [0.2, 0.25) is 0 Å². The van der Waals surface area contributed by atoms with Crippen molar-refractivity contribution in [2.24, 2.45) is 0 Å². The first kappa shape index (κ1) is 15.9. The van der Waals surface area contributed by atoms with Gasteiger partial charge in [-0.15, -0.1) is 0 Å².